The minimum Gasteiger partial charge on any atom is -0.493 e. The van der Waals surface area contributed by atoms with Crippen LogP contribution in [0.25, 0.3) is 0 Å². The van der Waals surface area contributed by atoms with E-state index in [0.29, 0.717) is 35.6 Å². The molecule has 7 heteroatoms. The van der Waals surface area contributed by atoms with Crippen LogP contribution in [0.5, 0.6) is 5.75 Å². The van der Waals surface area contributed by atoms with Crippen molar-refractivity contribution in [2.24, 2.45) is 5.92 Å². The Kier molecular flexibility index (Phi) is 6.39. The first-order valence-electron chi connectivity index (χ1n) is 10.1. The Hall–Kier alpha value is -2.31. The highest BCUT2D eigenvalue weighted by Crippen LogP contribution is 2.36. The molecule has 0 amide bonds. The monoisotopic (exact) mass is 504 g/mol. The van der Waals surface area contributed by atoms with Gasteiger partial charge in [-0.05, 0) is 68.1 Å². The van der Waals surface area contributed by atoms with Crippen molar-refractivity contribution in [3.8, 4) is 5.75 Å². The number of esters is 1. The smallest absolute Gasteiger partial charge is 0.338 e. The highest BCUT2D eigenvalue weighted by molar-refractivity contribution is 9.10. The number of carbonyl (C=O) groups excluding carboxylic acids is 2. The van der Waals surface area contributed by atoms with Gasteiger partial charge in [0.2, 0.25) is 11.5 Å². The second-order valence-corrected chi connectivity index (χ2v) is 9.24. The van der Waals surface area contributed by atoms with E-state index in [0.717, 1.165) is 15.6 Å². The number of Topliss-reactive ketones (excluding diaryl/α,β-unsaturated/α-hetero) is 1. The van der Waals surface area contributed by atoms with Crippen LogP contribution in [0.3, 0.4) is 0 Å². The number of fused-ring (bicyclic) bond motifs is 1. The molecule has 0 N–H and O–H groups in total. The molecule has 162 valence electrons. The maximum atomic E-state index is 13.0. The van der Waals surface area contributed by atoms with E-state index in [1.165, 1.54) is 6.26 Å². The van der Waals surface area contributed by atoms with Crippen molar-refractivity contribution in [3.05, 3.63) is 74.6 Å². The van der Waals surface area contributed by atoms with Gasteiger partial charge in [-0.1, -0.05) is 33.6 Å². The van der Waals surface area contributed by atoms with Crippen LogP contribution in [0.2, 0.25) is 5.02 Å². The van der Waals surface area contributed by atoms with Crippen LogP contribution in [-0.4, -0.2) is 24.0 Å². The molecule has 0 bridgehead atoms. The van der Waals surface area contributed by atoms with Crippen LogP contribution in [0, 0.1) is 19.8 Å². The predicted octanol–water partition coefficient (Wildman–Crippen LogP) is 5.93. The number of carbonyl (C=O) groups is 2. The van der Waals surface area contributed by atoms with Crippen molar-refractivity contribution in [3.63, 3.8) is 0 Å². The standard InChI is InChI=1S/C24H22BrClO5/c1-13-8-18(9-14(2)22(13)26)30-21-12-29-20-11-17(6-7-19(20)23(21)27)31-24(28)15-4-3-5-16(25)10-15/h3-5,8-10,12,17,19-20H,6-7,11H2,1-2H3. The summed E-state index contributed by atoms with van der Waals surface area (Å²) in [6.45, 7) is 3.78. The van der Waals surface area contributed by atoms with Gasteiger partial charge >= 0.3 is 5.97 Å². The molecular weight excluding hydrogens is 484 g/mol. The van der Waals surface area contributed by atoms with E-state index in [1.807, 2.05) is 19.9 Å². The Bertz CT molecular complexity index is 1040. The van der Waals surface area contributed by atoms with E-state index in [1.54, 1.807) is 30.3 Å². The summed E-state index contributed by atoms with van der Waals surface area (Å²) in [5.74, 6) is -0.0295. The fourth-order valence-electron chi connectivity index (χ4n) is 4.04. The SMILES string of the molecule is Cc1cc(OC2=COC3CC(OC(=O)c4cccc(Br)c4)CCC3C2=O)cc(C)c1Cl. The molecule has 0 aromatic heterocycles. The molecule has 4 rings (SSSR count). The molecule has 31 heavy (non-hydrogen) atoms. The number of benzene rings is 2. The lowest BCUT2D eigenvalue weighted by molar-refractivity contribution is -0.132. The molecule has 1 fully saturated rings. The molecule has 1 aliphatic heterocycles. The van der Waals surface area contributed by atoms with Gasteiger partial charge in [0.25, 0.3) is 0 Å². The zero-order valence-corrected chi connectivity index (χ0v) is 19.5. The molecular formula is C24H22BrClO5. The lowest BCUT2D eigenvalue weighted by Gasteiger charge is -2.36. The quantitative estimate of drug-likeness (QED) is 0.482. The topological polar surface area (TPSA) is 61.8 Å². The summed E-state index contributed by atoms with van der Waals surface area (Å²) in [6.07, 6.45) is 2.39. The second kappa shape index (κ2) is 9.05. The Labute approximate surface area is 194 Å². The van der Waals surface area contributed by atoms with E-state index in [2.05, 4.69) is 15.9 Å². The molecule has 3 atom stereocenters. The van der Waals surface area contributed by atoms with Crippen molar-refractivity contribution >= 4 is 39.3 Å². The number of ketones is 1. The highest BCUT2D eigenvalue weighted by atomic mass is 79.9. The maximum Gasteiger partial charge on any atom is 0.338 e. The molecule has 0 spiro atoms. The number of allylic oxidation sites excluding steroid dienone is 1. The molecule has 1 aliphatic carbocycles. The van der Waals surface area contributed by atoms with Gasteiger partial charge in [-0.3, -0.25) is 4.79 Å². The second-order valence-electron chi connectivity index (χ2n) is 7.95. The average Bonchev–Trinajstić information content (AvgIpc) is 2.74. The zero-order valence-electron chi connectivity index (χ0n) is 17.2. The Morgan fingerprint density at radius 3 is 2.61 bits per heavy atom. The van der Waals surface area contributed by atoms with Gasteiger partial charge in [0, 0.05) is 15.9 Å². The third kappa shape index (κ3) is 4.80. The van der Waals surface area contributed by atoms with Crippen LogP contribution in [0.4, 0.5) is 0 Å². The van der Waals surface area contributed by atoms with Gasteiger partial charge in [0.15, 0.2) is 0 Å². The van der Waals surface area contributed by atoms with Crippen LogP contribution in [0.1, 0.15) is 40.7 Å². The Balaban J connectivity index is 1.41. The van der Waals surface area contributed by atoms with E-state index < -0.39 is 0 Å². The molecule has 0 saturated heterocycles. The molecule has 1 heterocycles. The van der Waals surface area contributed by atoms with Crippen LogP contribution in [-0.2, 0) is 14.3 Å². The van der Waals surface area contributed by atoms with Crippen molar-refractivity contribution < 1.29 is 23.8 Å². The average molecular weight is 506 g/mol. The molecule has 3 unspecified atom stereocenters. The fraction of sp³-hybridized carbons (Fsp3) is 0.333. The van der Waals surface area contributed by atoms with Crippen molar-refractivity contribution in [1.29, 1.82) is 0 Å². The number of hydrogen-bond donors (Lipinski definition) is 0. The van der Waals surface area contributed by atoms with E-state index in [4.69, 9.17) is 25.8 Å². The zero-order chi connectivity index (χ0) is 22.1. The number of ether oxygens (including phenoxy) is 3. The minimum atomic E-state index is -0.375. The summed E-state index contributed by atoms with van der Waals surface area (Å²) in [5, 5.41) is 0.684. The lowest BCUT2D eigenvalue weighted by atomic mass is 9.80. The summed E-state index contributed by atoms with van der Waals surface area (Å²) in [7, 11) is 0. The minimum absolute atomic E-state index is 0.0849. The van der Waals surface area contributed by atoms with E-state index in [9.17, 15) is 9.59 Å². The normalized spacial score (nSPS) is 22.8. The fourth-order valence-corrected chi connectivity index (χ4v) is 4.55. The summed E-state index contributed by atoms with van der Waals surface area (Å²) < 4.78 is 18.1. The molecule has 1 saturated carbocycles. The van der Waals surface area contributed by atoms with Crippen molar-refractivity contribution in [2.45, 2.75) is 45.3 Å². The Morgan fingerprint density at radius 1 is 1.16 bits per heavy atom. The first-order chi connectivity index (χ1) is 14.8. The van der Waals surface area contributed by atoms with Gasteiger partial charge in [-0.2, -0.15) is 0 Å². The molecule has 2 aromatic rings. The van der Waals surface area contributed by atoms with Gasteiger partial charge in [-0.25, -0.2) is 4.79 Å². The first-order valence-corrected chi connectivity index (χ1v) is 11.3. The third-order valence-corrected chi connectivity index (χ3v) is 6.73. The van der Waals surface area contributed by atoms with Crippen molar-refractivity contribution in [1.82, 2.24) is 0 Å². The molecule has 0 radical (unpaired) electrons. The van der Waals surface area contributed by atoms with Crippen LogP contribution < -0.4 is 4.74 Å². The Morgan fingerprint density at radius 2 is 1.90 bits per heavy atom. The maximum absolute atomic E-state index is 13.0. The highest BCUT2D eigenvalue weighted by Gasteiger charge is 2.42. The lowest BCUT2D eigenvalue weighted by Crippen LogP contribution is -2.43. The third-order valence-electron chi connectivity index (χ3n) is 5.64. The summed E-state index contributed by atoms with van der Waals surface area (Å²) >= 11 is 9.57. The predicted molar refractivity (Wildman–Crippen MR) is 120 cm³/mol. The number of rotatable bonds is 4. The summed E-state index contributed by atoms with van der Waals surface area (Å²) in [5.41, 5.74) is 2.25. The van der Waals surface area contributed by atoms with Gasteiger partial charge < -0.3 is 14.2 Å². The number of aryl methyl sites for hydroxylation is 2. The summed E-state index contributed by atoms with van der Waals surface area (Å²) in [4.78, 5) is 25.4. The van der Waals surface area contributed by atoms with Gasteiger partial charge in [0.1, 0.15) is 24.2 Å². The van der Waals surface area contributed by atoms with E-state index >= 15 is 0 Å². The van der Waals surface area contributed by atoms with Gasteiger partial charge in [0.05, 0.1) is 11.5 Å². The van der Waals surface area contributed by atoms with Crippen molar-refractivity contribution in [2.75, 3.05) is 0 Å². The van der Waals surface area contributed by atoms with Crippen LogP contribution in [0.15, 0.2) is 52.9 Å². The molecule has 5 nitrogen and oxygen atoms in total. The number of halogens is 2. The summed E-state index contributed by atoms with van der Waals surface area (Å²) in [6, 6.07) is 10.7. The molecule has 2 aliphatic rings. The number of hydrogen-bond acceptors (Lipinski definition) is 5. The molecule has 2 aromatic carbocycles. The van der Waals surface area contributed by atoms with Crippen LogP contribution >= 0.6 is 27.5 Å². The largest absolute Gasteiger partial charge is 0.493 e. The first kappa shape index (κ1) is 21.9. The van der Waals surface area contributed by atoms with Gasteiger partial charge in [-0.15, -0.1) is 0 Å². The van der Waals surface area contributed by atoms with E-state index in [-0.39, 0.29) is 35.6 Å².